The summed E-state index contributed by atoms with van der Waals surface area (Å²) < 4.78 is 5.54. The first-order valence-electron chi connectivity index (χ1n) is 4.34. The van der Waals surface area contributed by atoms with Crippen LogP contribution in [0.4, 0.5) is 0 Å². The van der Waals surface area contributed by atoms with Crippen LogP contribution in [-0.2, 0) is 6.54 Å². The van der Waals surface area contributed by atoms with Crippen LogP contribution >= 0.6 is 34.8 Å². The molecule has 0 atom stereocenters. The Bertz CT molecular complexity index is 507. The summed E-state index contributed by atoms with van der Waals surface area (Å²) in [6.45, 7) is 0.624. The third kappa shape index (κ3) is 1.95. The lowest BCUT2D eigenvalue weighted by atomic mass is 10.2. The van der Waals surface area contributed by atoms with Gasteiger partial charge in [0.2, 0.25) is 0 Å². The lowest BCUT2D eigenvalue weighted by molar-refractivity contribution is 0.531. The van der Waals surface area contributed by atoms with E-state index in [-0.39, 0.29) is 0 Å². The predicted octanol–water partition coefficient (Wildman–Crippen LogP) is 4.11. The number of fused-ring (bicyclic) bond motifs is 1. The molecule has 0 spiro atoms. The van der Waals surface area contributed by atoms with E-state index in [0.29, 0.717) is 27.2 Å². The Balaban J connectivity index is 2.68. The Labute approximate surface area is 102 Å². The number of nitrogens with one attached hydrogen (secondary N) is 1. The van der Waals surface area contributed by atoms with Gasteiger partial charge in [0, 0.05) is 5.39 Å². The van der Waals surface area contributed by atoms with E-state index >= 15 is 0 Å². The van der Waals surface area contributed by atoms with Gasteiger partial charge in [-0.1, -0.05) is 34.8 Å². The van der Waals surface area contributed by atoms with Crippen molar-refractivity contribution in [2.75, 3.05) is 7.05 Å². The first-order chi connectivity index (χ1) is 7.13. The maximum absolute atomic E-state index is 6.04. The Morgan fingerprint density at radius 1 is 1.20 bits per heavy atom. The molecule has 1 aromatic heterocycles. The van der Waals surface area contributed by atoms with Gasteiger partial charge in [0.05, 0.1) is 21.6 Å². The molecular formula is C10H8Cl3NO. The largest absolute Gasteiger partial charge is 0.458 e. The number of furan rings is 1. The van der Waals surface area contributed by atoms with Crippen molar-refractivity contribution in [3.63, 3.8) is 0 Å². The summed E-state index contributed by atoms with van der Waals surface area (Å²) in [5, 5.41) is 5.12. The van der Waals surface area contributed by atoms with Crippen LogP contribution in [0, 0.1) is 0 Å². The van der Waals surface area contributed by atoms with Gasteiger partial charge in [-0.05, 0) is 19.2 Å². The number of benzene rings is 1. The van der Waals surface area contributed by atoms with Gasteiger partial charge in [0.1, 0.15) is 5.76 Å². The molecular weight excluding hydrogens is 256 g/mol. The highest BCUT2D eigenvalue weighted by Gasteiger charge is 2.13. The predicted molar refractivity (Wildman–Crippen MR) is 64.0 cm³/mol. The fraction of sp³-hybridized carbons (Fsp3) is 0.200. The molecule has 0 unspecified atom stereocenters. The minimum Gasteiger partial charge on any atom is -0.458 e. The lowest BCUT2D eigenvalue weighted by Gasteiger charge is -1.97. The quantitative estimate of drug-likeness (QED) is 0.826. The van der Waals surface area contributed by atoms with Crippen molar-refractivity contribution < 1.29 is 4.42 Å². The van der Waals surface area contributed by atoms with Crippen molar-refractivity contribution in [1.82, 2.24) is 5.32 Å². The van der Waals surface area contributed by atoms with Gasteiger partial charge in [-0.3, -0.25) is 0 Å². The molecule has 1 heterocycles. The molecule has 80 valence electrons. The van der Waals surface area contributed by atoms with Crippen molar-refractivity contribution in [3.05, 3.63) is 33.0 Å². The summed E-state index contributed by atoms with van der Waals surface area (Å²) >= 11 is 17.9. The van der Waals surface area contributed by atoms with Gasteiger partial charge in [-0.25, -0.2) is 0 Å². The highest BCUT2D eigenvalue weighted by atomic mass is 35.5. The molecule has 0 bridgehead atoms. The minimum absolute atomic E-state index is 0.436. The fourth-order valence-corrected chi connectivity index (χ4v) is 2.12. The smallest absolute Gasteiger partial charge is 0.154 e. The lowest BCUT2D eigenvalue weighted by Crippen LogP contribution is -2.03. The second-order valence-electron chi connectivity index (χ2n) is 3.14. The van der Waals surface area contributed by atoms with Crippen LogP contribution in [0.5, 0.6) is 0 Å². The van der Waals surface area contributed by atoms with E-state index in [2.05, 4.69) is 5.32 Å². The van der Waals surface area contributed by atoms with Crippen LogP contribution in [-0.4, -0.2) is 7.05 Å². The van der Waals surface area contributed by atoms with Crippen molar-refractivity contribution in [1.29, 1.82) is 0 Å². The molecule has 0 saturated carbocycles. The average Bonchev–Trinajstić information content (AvgIpc) is 2.60. The number of hydrogen-bond donors (Lipinski definition) is 1. The minimum atomic E-state index is 0.436. The molecule has 15 heavy (non-hydrogen) atoms. The third-order valence-corrected chi connectivity index (χ3v) is 3.13. The molecule has 0 radical (unpaired) electrons. The van der Waals surface area contributed by atoms with Gasteiger partial charge >= 0.3 is 0 Å². The standard InChI is InChI=1S/C10H8Cl3NO/c1-14-4-5-2-6-9(13)7(11)3-8(12)10(6)15-5/h2-3,14H,4H2,1H3. The SMILES string of the molecule is CNCc1cc2c(Cl)c(Cl)cc(Cl)c2o1. The van der Waals surface area contributed by atoms with E-state index in [1.165, 1.54) is 0 Å². The van der Waals surface area contributed by atoms with E-state index < -0.39 is 0 Å². The summed E-state index contributed by atoms with van der Waals surface area (Å²) in [7, 11) is 1.84. The first kappa shape index (κ1) is 11.1. The summed E-state index contributed by atoms with van der Waals surface area (Å²) in [5.41, 5.74) is 0.580. The molecule has 2 nitrogen and oxygen atoms in total. The van der Waals surface area contributed by atoms with Gasteiger partial charge in [0.25, 0.3) is 0 Å². The van der Waals surface area contributed by atoms with Crippen molar-refractivity contribution in [2.45, 2.75) is 6.54 Å². The zero-order valence-electron chi connectivity index (χ0n) is 7.90. The Hall–Kier alpha value is -0.410. The molecule has 0 amide bonds. The van der Waals surface area contributed by atoms with Gasteiger partial charge in [-0.15, -0.1) is 0 Å². The molecule has 1 aromatic carbocycles. The molecule has 0 aliphatic carbocycles. The molecule has 0 fully saturated rings. The summed E-state index contributed by atoms with van der Waals surface area (Å²) in [6.07, 6.45) is 0. The second kappa shape index (κ2) is 4.22. The zero-order chi connectivity index (χ0) is 11.0. The maximum Gasteiger partial charge on any atom is 0.154 e. The summed E-state index contributed by atoms with van der Waals surface area (Å²) in [5.74, 6) is 0.776. The Kier molecular flexibility index (Phi) is 3.12. The molecule has 2 rings (SSSR count). The Morgan fingerprint density at radius 3 is 2.60 bits per heavy atom. The first-order valence-corrected chi connectivity index (χ1v) is 5.47. The normalized spacial score (nSPS) is 11.2. The monoisotopic (exact) mass is 263 g/mol. The third-order valence-electron chi connectivity index (χ3n) is 2.05. The highest BCUT2D eigenvalue weighted by Crippen LogP contribution is 2.37. The van der Waals surface area contributed by atoms with Crippen LogP contribution in [0.15, 0.2) is 16.5 Å². The van der Waals surface area contributed by atoms with E-state index in [0.717, 1.165) is 11.1 Å². The maximum atomic E-state index is 6.04. The summed E-state index contributed by atoms with van der Waals surface area (Å²) in [4.78, 5) is 0. The molecule has 5 heteroatoms. The molecule has 0 saturated heterocycles. The van der Waals surface area contributed by atoms with Crippen LogP contribution in [0.3, 0.4) is 0 Å². The van der Waals surface area contributed by atoms with Crippen molar-refractivity contribution in [2.24, 2.45) is 0 Å². The van der Waals surface area contributed by atoms with Gasteiger partial charge < -0.3 is 9.73 Å². The molecule has 0 aliphatic rings. The zero-order valence-corrected chi connectivity index (χ0v) is 10.2. The molecule has 1 N–H and O–H groups in total. The molecule has 2 aromatic rings. The summed E-state index contributed by atoms with van der Waals surface area (Å²) in [6, 6.07) is 3.42. The average molecular weight is 265 g/mol. The topological polar surface area (TPSA) is 25.2 Å². The van der Waals surface area contributed by atoms with Crippen molar-refractivity contribution in [3.8, 4) is 0 Å². The molecule has 0 aliphatic heterocycles. The Morgan fingerprint density at radius 2 is 1.93 bits per heavy atom. The highest BCUT2D eigenvalue weighted by molar-refractivity contribution is 6.47. The van der Waals surface area contributed by atoms with E-state index in [9.17, 15) is 0 Å². The number of rotatable bonds is 2. The number of hydrogen-bond acceptors (Lipinski definition) is 2. The van der Waals surface area contributed by atoms with Gasteiger partial charge in [0.15, 0.2) is 5.58 Å². The van der Waals surface area contributed by atoms with E-state index in [1.54, 1.807) is 6.07 Å². The fourth-order valence-electron chi connectivity index (χ4n) is 1.41. The van der Waals surface area contributed by atoms with E-state index in [1.807, 2.05) is 13.1 Å². The van der Waals surface area contributed by atoms with Crippen LogP contribution < -0.4 is 5.32 Å². The van der Waals surface area contributed by atoms with Crippen LogP contribution in [0.1, 0.15) is 5.76 Å². The second-order valence-corrected chi connectivity index (χ2v) is 4.33. The van der Waals surface area contributed by atoms with Crippen LogP contribution in [0.25, 0.3) is 11.0 Å². The van der Waals surface area contributed by atoms with Crippen molar-refractivity contribution >= 4 is 45.8 Å². The number of halogens is 3. The van der Waals surface area contributed by atoms with Crippen LogP contribution in [0.2, 0.25) is 15.1 Å². The van der Waals surface area contributed by atoms with E-state index in [4.69, 9.17) is 39.2 Å². The van der Waals surface area contributed by atoms with Gasteiger partial charge in [-0.2, -0.15) is 0 Å².